The zero-order chi connectivity index (χ0) is 17.1. The van der Waals surface area contributed by atoms with Crippen LogP contribution in [0.2, 0.25) is 0 Å². The summed E-state index contributed by atoms with van der Waals surface area (Å²) in [5, 5.41) is 0. The number of benzene rings is 1. The molecule has 1 heterocycles. The Hall–Kier alpha value is -1.84. The fraction of sp³-hybridized carbons (Fsp3) is 0.389. The van der Waals surface area contributed by atoms with Gasteiger partial charge in [-0.1, -0.05) is 27.7 Å². The molecule has 22 heavy (non-hydrogen) atoms. The predicted molar refractivity (Wildman–Crippen MR) is 85.8 cm³/mol. The summed E-state index contributed by atoms with van der Waals surface area (Å²) in [4.78, 5) is 4.05. The summed E-state index contributed by atoms with van der Waals surface area (Å²) in [7, 11) is 0. The molecule has 0 fully saturated rings. The van der Waals surface area contributed by atoms with E-state index < -0.39 is 12.2 Å². The average Bonchev–Trinajstić information content (AvgIpc) is 2.50. The molecule has 0 N–H and O–H groups in total. The third-order valence-electron chi connectivity index (χ3n) is 2.60. The zero-order valence-corrected chi connectivity index (χ0v) is 13.8. The van der Waals surface area contributed by atoms with Crippen LogP contribution in [0, 0.1) is 12.7 Å². The van der Waals surface area contributed by atoms with E-state index in [9.17, 15) is 13.2 Å². The van der Waals surface area contributed by atoms with Crippen LogP contribution in [0.4, 0.5) is 13.2 Å². The van der Waals surface area contributed by atoms with E-state index in [2.05, 4.69) is 4.98 Å². The van der Waals surface area contributed by atoms with Crippen molar-refractivity contribution in [2.24, 2.45) is 0 Å². The number of pyridine rings is 1. The van der Waals surface area contributed by atoms with Gasteiger partial charge in [0, 0.05) is 17.5 Å². The Morgan fingerprint density at radius 2 is 1.59 bits per heavy atom. The van der Waals surface area contributed by atoms with Crippen LogP contribution in [0.1, 0.15) is 56.5 Å². The summed E-state index contributed by atoms with van der Waals surface area (Å²) >= 11 is 0. The van der Waals surface area contributed by atoms with Gasteiger partial charge in [-0.3, -0.25) is 4.98 Å². The minimum Gasteiger partial charge on any atom is -0.262 e. The van der Waals surface area contributed by atoms with Crippen LogP contribution in [0.25, 0.3) is 0 Å². The highest BCUT2D eigenvalue weighted by Gasteiger charge is 2.10. The molecule has 0 amide bonds. The van der Waals surface area contributed by atoms with Crippen LogP contribution in [0.5, 0.6) is 0 Å². The van der Waals surface area contributed by atoms with Gasteiger partial charge in [-0.15, -0.1) is 0 Å². The molecule has 1 nitrogen and oxygen atoms in total. The second-order valence-electron chi connectivity index (χ2n) is 4.18. The van der Waals surface area contributed by atoms with Crippen LogP contribution in [-0.2, 0) is 6.42 Å². The number of nitrogens with zero attached hydrogens (tertiary/aromatic N) is 1. The smallest absolute Gasteiger partial charge is 0.262 e. The third kappa shape index (κ3) is 6.74. The number of halogens is 3. The average molecular weight is 311 g/mol. The predicted octanol–water partition coefficient (Wildman–Crippen LogP) is 6.11. The van der Waals surface area contributed by atoms with Crippen molar-refractivity contribution in [1.82, 2.24) is 4.98 Å². The summed E-state index contributed by atoms with van der Waals surface area (Å²) in [6, 6.07) is 7.13. The number of alkyl halides is 2. The summed E-state index contributed by atoms with van der Waals surface area (Å²) in [6.07, 6.45) is -0.586. The first-order valence-corrected chi connectivity index (χ1v) is 7.53. The van der Waals surface area contributed by atoms with Crippen molar-refractivity contribution < 1.29 is 13.2 Å². The van der Waals surface area contributed by atoms with Gasteiger partial charge in [0.25, 0.3) is 6.43 Å². The van der Waals surface area contributed by atoms with Gasteiger partial charge in [0.1, 0.15) is 5.82 Å². The molecule has 0 aliphatic carbocycles. The minimum absolute atomic E-state index is 0.282. The fourth-order valence-corrected chi connectivity index (χ4v) is 1.85. The van der Waals surface area contributed by atoms with Crippen LogP contribution >= 0.6 is 0 Å². The van der Waals surface area contributed by atoms with E-state index in [1.807, 2.05) is 40.7 Å². The Kier molecular flexibility index (Phi) is 9.92. The maximum Gasteiger partial charge on any atom is 0.263 e. The first kappa shape index (κ1) is 20.2. The first-order chi connectivity index (χ1) is 10.5. The Morgan fingerprint density at radius 1 is 0.955 bits per heavy atom. The Balaban J connectivity index is 0.00000102. The molecule has 0 bridgehead atoms. The van der Waals surface area contributed by atoms with Crippen LogP contribution in [0.15, 0.2) is 36.5 Å². The van der Waals surface area contributed by atoms with E-state index in [0.717, 1.165) is 17.3 Å². The van der Waals surface area contributed by atoms with Crippen LogP contribution < -0.4 is 0 Å². The summed E-state index contributed by atoms with van der Waals surface area (Å²) < 4.78 is 38.3. The van der Waals surface area contributed by atoms with E-state index in [1.54, 1.807) is 12.3 Å². The van der Waals surface area contributed by atoms with Gasteiger partial charge in [0.05, 0.1) is 0 Å². The van der Waals surface area contributed by atoms with Gasteiger partial charge < -0.3 is 0 Å². The molecule has 0 aliphatic heterocycles. The summed E-state index contributed by atoms with van der Waals surface area (Å²) in [5.74, 6) is -0.631. The zero-order valence-electron chi connectivity index (χ0n) is 13.8. The van der Waals surface area contributed by atoms with Crippen molar-refractivity contribution in [2.75, 3.05) is 0 Å². The van der Waals surface area contributed by atoms with E-state index in [-0.39, 0.29) is 5.56 Å². The normalized spacial score (nSPS) is 9.50. The molecule has 4 heteroatoms. The van der Waals surface area contributed by atoms with Gasteiger partial charge in [-0.05, 0) is 54.8 Å². The van der Waals surface area contributed by atoms with Crippen molar-refractivity contribution in [3.8, 4) is 0 Å². The van der Waals surface area contributed by atoms with Gasteiger partial charge in [0.15, 0.2) is 0 Å². The molecule has 0 saturated heterocycles. The maximum absolute atomic E-state index is 13.2. The van der Waals surface area contributed by atoms with Crippen molar-refractivity contribution in [2.45, 2.75) is 47.5 Å². The number of hydrogen-bond acceptors (Lipinski definition) is 1. The first-order valence-electron chi connectivity index (χ1n) is 7.53. The molecule has 0 saturated carbocycles. The van der Waals surface area contributed by atoms with Gasteiger partial charge in [0.2, 0.25) is 0 Å². The second-order valence-corrected chi connectivity index (χ2v) is 4.18. The molecule has 2 aromatic rings. The molecule has 0 atom stereocenters. The monoisotopic (exact) mass is 311 g/mol. The molecule has 0 aliphatic rings. The molecule has 0 radical (unpaired) electrons. The van der Waals surface area contributed by atoms with Crippen molar-refractivity contribution in [3.05, 3.63) is 64.7 Å². The minimum atomic E-state index is -2.65. The number of rotatable bonds is 3. The molecule has 1 aromatic carbocycles. The quantitative estimate of drug-likeness (QED) is 0.666. The molecule has 1 aromatic heterocycles. The second kappa shape index (κ2) is 10.8. The van der Waals surface area contributed by atoms with Crippen molar-refractivity contribution in [3.63, 3.8) is 0 Å². The third-order valence-corrected chi connectivity index (χ3v) is 2.60. The topological polar surface area (TPSA) is 12.9 Å². The Bertz CT molecular complexity index is 554. The van der Waals surface area contributed by atoms with E-state index in [0.29, 0.717) is 12.0 Å². The fourth-order valence-electron chi connectivity index (χ4n) is 1.85. The van der Waals surface area contributed by atoms with Gasteiger partial charge >= 0.3 is 0 Å². The van der Waals surface area contributed by atoms with E-state index in [1.165, 1.54) is 12.1 Å². The maximum atomic E-state index is 13.2. The molecule has 2 rings (SSSR count). The number of aromatic nitrogens is 1. The summed E-state index contributed by atoms with van der Waals surface area (Å²) in [6.45, 7) is 9.85. The highest BCUT2D eigenvalue weighted by atomic mass is 19.3. The summed E-state index contributed by atoms with van der Waals surface area (Å²) in [5.41, 5.74) is 2.03. The lowest BCUT2D eigenvalue weighted by Gasteiger charge is -2.06. The highest BCUT2D eigenvalue weighted by molar-refractivity contribution is 5.30. The lowest BCUT2D eigenvalue weighted by Crippen LogP contribution is -1.94. The number of aryl methyl sites for hydroxylation is 1. The molecule has 0 spiro atoms. The lowest BCUT2D eigenvalue weighted by molar-refractivity contribution is 0.151. The number of hydrogen-bond donors (Lipinski definition) is 0. The van der Waals surface area contributed by atoms with Gasteiger partial charge in [-0.2, -0.15) is 0 Å². The van der Waals surface area contributed by atoms with Crippen LogP contribution in [0.3, 0.4) is 0 Å². The van der Waals surface area contributed by atoms with Crippen molar-refractivity contribution >= 4 is 0 Å². The molecular formula is C18H24F3N. The Morgan fingerprint density at radius 3 is 2.14 bits per heavy atom. The van der Waals surface area contributed by atoms with Gasteiger partial charge in [-0.25, -0.2) is 13.2 Å². The SMILES string of the molecule is CC.CC.Cc1cc(Cc2cc(F)cc(C(F)F)c2)ccn1. The largest absolute Gasteiger partial charge is 0.263 e. The molecule has 0 unspecified atom stereocenters. The highest BCUT2D eigenvalue weighted by Crippen LogP contribution is 2.22. The van der Waals surface area contributed by atoms with Crippen molar-refractivity contribution in [1.29, 1.82) is 0 Å². The van der Waals surface area contributed by atoms with E-state index >= 15 is 0 Å². The molecule has 122 valence electrons. The van der Waals surface area contributed by atoms with E-state index in [4.69, 9.17) is 0 Å². The standard InChI is InChI=1S/C14H12F3N.2C2H6/c1-9-4-10(2-3-18-9)5-11-6-12(14(16)17)8-13(15)7-11;2*1-2/h2-4,6-8,14H,5H2,1H3;2*1-2H3. The molecular weight excluding hydrogens is 287 g/mol. The lowest BCUT2D eigenvalue weighted by atomic mass is 10.0. The Labute approximate surface area is 131 Å². The van der Waals surface area contributed by atoms with Crippen LogP contribution in [-0.4, -0.2) is 4.98 Å².